The molecule has 0 bridgehead atoms. The number of hydrogen-bond acceptors (Lipinski definition) is 3. The maximum absolute atomic E-state index is 12.8. The molecule has 4 nitrogen and oxygen atoms in total. The van der Waals surface area contributed by atoms with Gasteiger partial charge in [-0.1, -0.05) is 43.6 Å². The lowest BCUT2D eigenvalue weighted by Crippen LogP contribution is -2.51. The van der Waals surface area contributed by atoms with Gasteiger partial charge in [0.2, 0.25) is 5.91 Å². The third kappa shape index (κ3) is 4.68. The summed E-state index contributed by atoms with van der Waals surface area (Å²) in [4.78, 5) is 12.8. The highest BCUT2D eigenvalue weighted by Gasteiger charge is 2.39. The van der Waals surface area contributed by atoms with Crippen LogP contribution in [0.15, 0.2) is 24.3 Å². The van der Waals surface area contributed by atoms with Crippen molar-refractivity contribution in [2.75, 3.05) is 26.3 Å². The molecule has 6 heteroatoms. The lowest BCUT2D eigenvalue weighted by molar-refractivity contribution is -0.131. The highest BCUT2D eigenvalue weighted by atomic mass is 35.5. The van der Waals surface area contributed by atoms with E-state index >= 15 is 0 Å². The van der Waals surface area contributed by atoms with Gasteiger partial charge in [-0.05, 0) is 37.3 Å². The Balaban J connectivity index is 0.00000312. The van der Waals surface area contributed by atoms with Crippen molar-refractivity contribution in [2.45, 2.75) is 44.9 Å². The zero-order valence-corrected chi connectivity index (χ0v) is 16.7. The molecule has 1 fully saturated rings. The first-order chi connectivity index (χ1) is 11.5. The Kier molecular flexibility index (Phi) is 8.69. The minimum Gasteiger partial charge on any atom is -0.381 e. The van der Waals surface area contributed by atoms with Gasteiger partial charge in [-0.25, -0.2) is 0 Å². The number of halogens is 2. The van der Waals surface area contributed by atoms with Crippen LogP contribution in [0.2, 0.25) is 5.02 Å². The summed E-state index contributed by atoms with van der Waals surface area (Å²) in [6.45, 7) is 6.35. The standard InChI is InChI=1S/C19H29ClN2O2.ClH/c1-3-18(4-2,13-21)17(23)22-14-19(9-11-24-12-10-19)15-7-5-6-8-16(15)20;/h5-8H,3-4,9-14,21H2,1-2H3,(H,22,23);1H. The van der Waals surface area contributed by atoms with Crippen molar-refractivity contribution in [2.24, 2.45) is 11.1 Å². The van der Waals surface area contributed by atoms with Crippen LogP contribution in [-0.2, 0) is 14.9 Å². The molecule has 0 radical (unpaired) electrons. The van der Waals surface area contributed by atoms with Crippen molar-refractivity contribution in [3.05, 3.63) is 34.9 Å². The van der Waals surface area contributed by atoms with Crippen molar-refractivity contribution < 1.29 is 9.53 Å². The maximum atomic E-state index is 12.8. The van der Waals surface area contributed by atoms with E-state index in [9.17, 15) is 4.79 Å². The lowest BCUT2D eigenvalue weighted by atomic mass is 9.73. The Bertz CT molecular complexity index is 548. The quantitative estimate of drug-likeness (QED) is 0.748. The van der Waals surface area contributed by atoms with Gasteiger partial charge in [0.25, 0.3) is 0 Å². The van der Waals surface area contributed by atoms with Crippen LogP contribution in [0.25, 0.3) is 0 Å². The predicted octanol–water partition coefficient (Wildman–Crippen LogP) is 3.69. The maximum Gasteiger partial charge on any atom is 0.227 e. The minimum absolute atomic E-state index is 0. The van der Waals surface area contributed by atoms with Crippen molar-refractivity contribution in [3.8, 4) is 0 Å². The van der Waals surface area contributed by atoms with Crippen LogP contribution in [-0.4, -0.2) is 32.2 Å². The molecule has 0 saturated carbocycles. The number of benzene rings is 1. The van der Waals surface area contributed by atoms with E-state index < -0.39 is 5.41 Å². The second-order valence-corrected chi connectivity index (χ2v) is 7.15. The monoisotopic (exact) mass is 388 g/mol. The van der Waals surface area contributed by atoms with E-state index in [0.717, 1.165) is 36.3 Å². The van der Waals surface area contributed by atoms with E-state index in [4.69, 9.17) is 22.1 Å². The van der Waals surface area contributed by atoms with Crippen molar-refractivity contribution >= 4 is 29.9 Å². The molecular weight excluding hydrogens is 359 g/mol. The number of hydrogen-bond donors (Lipinski definition) is 2. The molecule has 1 heterocycles. The number of nitrogens with two attached hydrogens (primary N) is 1. The Hall–Kier alpha value is -0.810. The van der Waals surface area contributed by atoms with Gasteiger partial charge < -0.3 is 15.8 Å². The van der Waals surface area contributed by atoms with Gasteiger partial charge >= 0.3 is 0 Å². The van der Waals surface area contributed by atoms with E-state index in [1.54, 1.807) is 0 Å². The number of rotatable bonds is 7. The molecule has 0 unspecified atom stereocenters. The van der Waals surface area contributed by atoms with E-state index in [-0.39, 0.29) is 23.7 Å². The van der Waals surface area contributed by atoms with Gasteiger partial charge in [0.15, 0.2) is 0 Å². The molecule has 1 aliphatic rings. The summed E-state index contributed by atoms with van der Waals surface area (Å²) in [7, 11) is 0. The smallest absolute Gasteiger partial charge is 0.227 e. The largest absolute Gasteiger partial charge is 0.381 e. The fourth-order valence-electron chi connectivity index (χ4n) is 3.58. The van der Waals surface area contributed by atoms with E-state index in [1.165, 1.54) is 0 Å². The zero-order chi connectivity index (χ0) is 17.6. The summed E-state index contributed by atoms with van der Waals surface area (Å²) in [6, 6.07) is 7.92. The Morgan fingerprint density at radius 2 is 1.88 bits per heavy atom. The Labute approximate surface area is 162 Å². The minimum atomic E-state index is -0.479. The molecule has 0 spiro atoms. The van der Waals surface area contributed by atoms with Crippen LogP contribution >= 0.6 is 24.0 Å². The number of carbonyl (C=O) groups is 1. The highest BCUT2D eigenvalue weighted by Crippen LogP contribution is 2.38. The predicted molar refractivity (Wildman–Crippen MR) is 106 cm³/mol. The van der Waals surface area contributed by atoms with Crippen molar-refractivity contribution in [3.63, 3.8) is 0 Å². The van der Waals surface area contributed by atoms with Crippen LogP contribution in [0, 0.1) is 5.41 Å². The third-order valence-corrected chi connectivity index (χ3v) is 6.04. The lowest BCUT2D eigenvalue weighted by Gasteiger charge is -2.39. The fraction of sp³-hybridized carbons (Fsp3) is 0.632. The normalized spacial score (nSPS) is 16.8. The average molecular weight is 389 g/mol. The summed E-state index contributed by atoms with van der Waals surface area (Å²) in [5.74, 6) is 0.0490. The highest BCUT2D eigenvalue weighted by molar-refractivity contribution is 6.31. The Morgan fingerprint density at radius 3 is 2.40 bits per heavy atom. The average Bonchev–Trinajstić information content (AvgIpc) is 2.63. The molecule has 1 aliphatic heterocycles. The van der Waals surface area contributed by atoms with E-state index in [0.29, 0.717) is 26.3 Å². The summed E-state index contributed by atoms with van der Waals surface area (Å²) < 4.78 is 5.55. The second-order valence-electron chi connectivity index (χ2n) is 6.75. The first-order valence-corrected chi connectivity index (χ1v) is 9.22. The van der Waals surface area contributed by atoms with Crippen LogP contribution in [0.1, 0.15) is 45.1 Å². The topological polar surface area (TPSA) is 64.4 Å². The van der Waals surface area contributed by atoms with Gasteiger partial charge in [0, 0.05) is 36.7 Å². The summed E-state index contributed by atoms with van der Waals surface area (Å²) in [6.07, 6.45) is 3.19. The SMILES string of the molecule is CCC(CC)(CN)C(=O)NCC1(c2ccccc2Cl)CCOCC1.Cl. The first-order valence-electron chi connectivity index (χ1n) is 8.85. The van der Waals surface area contributed by atoms with Crippen molar-refractivity contribution in [1.29, 1.82) is 0 Å². The van der Waals surface area contributed by atoms with Gasteiger partial charge in [-0.15, -0.1) is 12.4 Å². The molecule has 1 amide bonds. The summed E-state index contributed by atoms with van der Waals surface area (Å²) >= 11 is 6.46. The van der Waals surface area contributed by atoms with Crippen LogP contribution in [0.5, 0.6) is 0 Å². The van der Waals surface area contributed by atoms with Gasteiger partial charge in [0.05, 0.1) is 5.41 Å². The number of carbonyl (C=O) groups excluding carboxylic acids is 1. The fourth-order valence-corrected chi connectivity index (χ4v) is 3.92. The molecule has 2 rings (SSSR count). The molecule has 3 N–H and O–H groups in total. The molecule has 25 heavy (non-hydrogen) atoms. The molecular formula is C19H30Cl2N2O2. The first kappa shape index (κ1) is 22.2. The molecule has 1 aromatic rings. The van der Waals surface area contributed by atoms with Gasteiger partial charge in [-0.2, -0.15) is 0 Å². The zero-order valence-electron chi connectivity index (χ0n) is 15.1. The molecule has 0 atom stereocenters. The van der Waals surface area contributed by atoms with Crippen LogP contribution < -0.4 is 11.1 Å². The summed E-state index contributed by atoms with van der Waals surface area (Å²) in [5, 5.41) is 3.93. The second kappa shape index (κ2) is 9.77. The molecule has 142 valence electrons. The molecule has 0 aliphatic carbocycles. The van der Waals surface area contributed by atoms with E-state index in [1.807, 2.05) is 32.0 Å². The van der Waals surface area contributed by atoms with Crippen LogP contribution in [0.4, 0.5) is 0 Å². The van der Waals surface area contributed by atoms with E-state index in [2.05, 4.69) is 11.4 Å². The molecule has 0 aromatic heterocycles. The van der Waals surface area contributed by atoms with Gasteiger partial charge in [0.1, 0.15) is 0 Å². The number of ether oxygens (including phenoxy) is 1. The molecule has 1 saturated heterocycles. The number of amides is 1. The van der Waals surface area contributed by atoms with Crippen molar-refractivity contribution in [1.82, 2.24) is 5.32 Å². The van der Waals surface area contributed by atoms with Crippen LogP contribution in [0.3, 0.4) is 0 Å². The number of nitrogens with one attached hydrogen (secondary N) is 1. The molecule has 1 aromatic carbocycles. The Morgan fingerprint density at radius 1 is 1.28 bits per heavy atom. The summed E-state index contributed by atoms with van der Waals surface area (Å²) in [5.41, 5.74) is 6.35. The third-order valence-electron chi connectivity index (χ3n) is 5.71. The van der Waals surface area contributed by atoms with Gasteiger partial charge in [-0.3, -0.25) is 4.79 Å².